The number of carbonyl (C=O) groups is 1. The largest absolute Gasteiger partial charge is 0.399 e. The van der Waals surface area contributed by atoms with Crippen LogP contribution in [0, 0.1) is 0 Å². The van der Waals surface area contributed by atoms with Crippen molar-refractivity contribution in [1.82, 2.24) is 4.90 Å². The second-order valence-corrected chi connectivity index (χ2v) is 5.99. The molecule has 0 spiro atoms. The number of anilines is 2. The number of amides is 1. The van der Waals surface area contributed by atoms with Crippen molar-refractivity contribution in [2.75, 3.05) is 37.3 Å². The summed E-state index contributed by atoms with van der Waals surface area (Å²) in [6, 6.07) is 3.12. The maximum Gasteiger partial charge on any atom is 0.238 e. The van der Waals surface area contributed by atoms with Gasteiger partial charge in [0.15, 0.2) is 0 Å². The average molecular weight is 332 g/mol. The summed E-state index contributed by atoms with van der Waals surface area (Å²) < 4.78 is 5.55. The summed E-state index contributed by atoms with van der Waals surface area (Å²) in [5.74, 6) is -0.155. The average Bonchev–Trinajstić information content (AvgIpc) is 2.58. The molecule has 0 radical (unpaired) electrons. The third-order valence-electron chi connectivity index (χ3n) is 3.23. The van der Waals surface area contributed by atoms with Crippen molar-refractivity contribution in [2.24, 2.45) is 0 Å². The number of benzene rings is 1. The molecule has 1 aromatic rings. The number of hydrogen-bond donors (Lipinski definition) is 2. The highest BCUT2D eigenvalue weighted by atomic mass is 35.5. The molecular formula is C14H19Cl2N3O2. The number of hydrogen-bond acceptors (Lipinski definition) is 4. The fraction of sp³-hybridized carbons (Fsp3) is 0.500. The van der Waals surface area contributed by atoms with Crippen molar-refractivity contribution < 1.29 is 9.53 Å². The molecule has 1 fully saturated rings. The SMILES string of the molecule is CC1CN(CC(=O)Nc2c(Cl)cc(N)cc2Cl)CCCO1. The van der Waals surface area contributed by atoms with E-state index in [1.54, 1.807) is 12.1 Å². The van der Waals surface area contributed by atoms with Crippen LogP contribution in [0.2, 0.25) is 10.0 Å². The second-order valence-electron chi connectivity index (χ2n) is 5.18. The highest BCUT2D eigenvalue weighted by molar-refractivity contribution is 6.40. The number of halogens is 2. The van der Waals surface area contributed by atoms with Crippen molar-refractivity contribution in [3.63, 3.8) is 0 Å². The summed E-state index contributed by atoms with van der Waals surface area (Å²) in [6.07, 6.45) is 1.05. The molecule has 1 saturated heterocycles. The molecule has 5 nitrogen and oxygen atoms in total. The van der Waals surface area contributed by atoms with E-state index in [1.807, 2.05) is 6.92 Å². The van der Waals surface area contributed by atoms with Crippen molar-refractivity contribution in [1.29, 1.82) is 0 Å². The third kappa shape index (κ3) is 4.74. The Morgan fingerprint density at radius 1 is 1.48 bits per heavy atom. The topological polar surface area (TPSA) is 67.6 Å². The van der Waals surface area contributed by atoms with Gasteiger partial charge in [0, 0.05) is 25.4 Å². The van der Waals surface area contributed by atoms with Crippen LogP contribution in [0.25, 0.3) is 0 Å². The van der Waals surface area contributed by atoms with E-state index in [1.165, 1.54) is 0 Å². The normalized spacial score (nSPS) is 20.0. The van der Waals surface area contributed by atoms with Gasteiger partial charge in [-0.3, -0.25) is 9.69 Å². The lowest BCUT2D eigenvalue weighted by Crippen LogP contribution is -2.37. The van der Waals surface area contributed by atoms with E-state index in [4.69, 9.17) is 33.7 Å². The highest BCUT2D eigenvalue weighted by Crippen LogP contribution is 2.32. The van der Waals surface area contributed by atoms with Crippen LogP contribution in [0.5, 0.6) is 0 Å². The van der Waals surface area contributed by atoms with Crippen molar-refractivity contribution in [3.8, 4) is 0 Å². The molecule has 3 N–H and O–H groups in total. The number of nitrogens with zero attached hydrogens (tertiary/aromatic N) is 1. The molecule has 0 aliphatic carbocycles. The molecule has 0 saturated carbocycles. The number of rotatable bonds is 3. The molecule has 1 heterocycles. The predicted octanol–water partition coefficient (Wildman–Crippen LogP) is 2.62. The summed E-state index contributed by atoms with van der Waals surface area (Å²) in [5, 5.41) is 3.42. The van der Waals surface area contributed by atoms with Gasteiger partial charge in [-0.05, 0) is 25.5 Å². The van der Waals surface area contributed by atoms with Crippen LogP contribution in [-0.2, 0) is 9.53 Å². The first-order chi connectivity index (χ1) is 9.95. The Hall–Kier alpha value is -1.01. The van der Waals surface area contributed by atoms with E-state index in [0.29, 0.717) is 21.4 Å². The lowest BCUT2D eigenvalue weighted by atomic mass is 10.2. The Labute approximate surface area is 134 Å². The molecule has 1 aliphatic rings. The Bertz CT molecular complexity index is 502. The van der Waals surface area contributed by atoms with Crippen LogP contribution >= 0.6 is 23.2 Å². The summed E-state index contributed by atoms with van der Waals surface area (Å²) >= 11 is 12.1. The minimum absolute atomic E-state index is 0.129. The molecule has 7 heteroatoms. The third-order valence-corrected chi connectivity index (χ3v) is 3.83. The van der Waals surface area contributed by atoms with Crippen LogP contribution in [0.15, 0.2) is 12.1 Å². The van der Waals surface area contributed by atoms with E-state index < -0.39 is 0 Å². The number of carbonyl (C=O) groups excluding carboxylic acids is 1. The van der Waals surface area contributed by atoms with Gasteiger partial charge in [-0.25, -0.2) is 0 Å². The van der Waals surface area contributed by atoms with E-state index in [9.17, 15) is 4.79 Å². The zero-order valence-electron chi connectivity index (χ0n) is 11.9. The molecule has 0 bridgehead atoms. The standard InChI is InChI=1S/C14H19Cl2N3O2/c1-9-7-19(3-2-4-21-9)8-13(20)18-14-11(15)5-10(17)6-12(14)16/h5-6,9H,2-4,7-8,17H2,1H3,(H,18,20). The Balaban J connectivity index is 1.98. The number of nitrogens with one attached hydrogen (secondary N) is 1. The minimum atomic E-state index is -0.155. The minimum Gasteiger partial charge on any atom is -0.399 e. The van der Waals surface area contributed by atoms with Gasteiger partial charge in [-0.2, -0.15) is 0 Å². The molecule has 1 atom stereocenters. The summed E-state index contributed by atoms with van der Waals surface area (Å²) in [7, 11) is 0. The molecule has 21 heavy (non-hydrogen) atoms. The Morgan fingerprint density at radius 2 is 2.14 bits per heavy atom. The molecule has 1 unspecified atom stereocenters. The van der Waals surface area contributed by atoms with Crippen LogP contribution < -0.4 is 11.1 Å². The van der Waals surface area contributed by atoms with Gasteiger partial charge in [0.05, 0.1) is 28.4 Å². The lowest BCUT2D eigenvalue weighted by Gasteiger charge is -2.21. The number of ether oxygens (including phenoxy) is 1. The highest BCUT2D eigenvalue weighted by Gasteiger charge is 2.18. The first-order valence-electron chi connectivity index (χ1n) is 6.84. The Kier molecular flexibility index (Phi) is 5.70. The maximum absolute atomic E-state index is 12.1. The van der Waals surface area contributed by atoms with Crippen molar-refractivity contribution in [3.05, 3.63) is 22.2 Å². The van der Waals surface area contributed by atoms with Crippen LogP contribution in [0.4, 0.5) is 11.4 Å². The molecule has 2 rings (SSSR count). The van der Waals surface area contributed by atoms with Gasteiger partial charge in [-0.15, -0.1) is 0 Å². The molecule has 1 aliphatic heterocycles. The van der Waals surface area contributed by atoms with Gasteiger partial charge >= 0.3 is 0 Å². The van der Waals surface area contributed by atoms with Gasteiger partial charge in [-0.1, -0.05) is 23.2 Å². The predicted molar refractivity (Wildman–Crippen MR) is 86.0 cm³/mol. The fourth-order valence-electron chi connectivity index (χ4n) is 2.32. The van der Waals surface area contributed by atoms with E-state index in [2.05, 4.69) is 10.2 Å². The van der Waals surface area contributed by atoms with E-state index >= 15 is 0 Å². The van der Waals surface area contributed by atoms with E-state index in [-0.39, 0.29) is 18.6 Å². The van der Waals surface area contributed by atoms with Crippen molar-refractivity contribution in [2.45, 2.75) is 19.4 Å². The monoisotopic (exact) mass is 331 g/mol. The van der Waals surface area contributed by atoms with Crippen LogP contribution in [0.1, 0.15) is 13.3 Å². The summed E-state index contributed by atoms with van der Waals surface area (Å²) in [5.41, 5.74) is 6.50. The molecule has 1 amide bonds. The summed E-state index contributed by atoms with van der Waals surface area (Å²) in [4.78, 5) is 14.2. The smallest absolute Gasteiger partial charge is 0.238 e. The fourth-order valence-corrected chi connectivity index (χ4v) is 2.92. The van der Waals surface area contributed by atoms with Gasteiger partial charge in [0.25, 0.3) is 0 Å². The van der Waals surface area contributed by atoms with Crippen molar-refractivity contribution >= 4 is 40.5 Å². The van der Waals surface area contributed by atoms with Gasteiger partial charge < -0.3 is 15.8 Å². The second kappa shape index (κ2) is 7.31. The number of nitrogen functional groups attached to an aromatic ring is 1. The molecule has 1 aromatic carbocycles. The Morgan fingerprint density at radius 3 is 2.81 bits per heavy atom. The first kappa shape index (κ1) is 16.4. The van der Waals surface area contributed by atoms with Crippen LogP contribution in [0.3, 0.4) is 0 Å². The summed E-state index contributed by atoms with van der Waals surface area (Å²) in [6.45, 7) is 4.58. The zero-order valence-corrected chi connectivity index (χ0v) is 13.4. The molecular weight excluding hydrogens is 313 g/mol. The lowest BCUT2D eigenvalue weighted by molar-refractivity contribution is -0.117. The molecule has 116 valence electrons. The maximum atomic E-state index is 12.1. The van der Waals surface area contributed by atoms with Gasteiger partial charge in [0.1, 0.15) is 0 Å². The zero-order chi connectivity index (χ0) is 15.4. The molecule has 0 aromatic heterocycles. The van der Waals surface area contributed by atoms with Crippen LogP contribution in [-0.4, -0.2) is 43.2 Å². The first-order valence-corrected chi connectivity index (χ1v) is 7.59. The van der Waals surface area contributed by atoms with Gasteiger partial charge in [0.2, 0.25) is 5.91 Å². The quantitative estimate of drug-likeness (QED) is 0.835. The van der Waals surface area contributed by atoms with E-state index in [0.717, 1.165) is 26.1 Å². The number of nitrogens with two attached hydrogens (primary N) is 1.